The SMILES string of the molecule is CCOC(=O)CN(CC)C(=O)CCCCCl. The van der Waals surface area contributed by atoms with Gasteiger partial charge in [-0.15, -0.1) is 11.6 Å². The summed E-state index contributed by atoms with van der Waals surface area (Å²) in [5.74, 6) is 0.202. The highest BCUT2D eigenvalue weighted by molar-refractivity contribution is 6.17. The summed E-state index contributed by atoms with van der Waals surface area (Å²) in [5, 5.41) is 0. The first-order chi connectivity index (χ1) is 7.65. The van der Waals surface area contributed by atoms with Gasteiger partial charge in [0.1, 0.15) is 6.54 Å². The summed E-state index contributed by atoms with van der Waals surface area (Å²) in [6.07, 6.45) is 2.03. The monoisotopic (exact) mass is 249 g/mol. The number of rotatable bonds is 8. The topological polar surface area (TPSA) is 46.6 Å². The van der Waals surface area contributed by atoms with E-state index in [1.54, 1.807) is 6.92 Å². The van der Waals surface area contributed by atoms with E-state index in [2.05, 4.69) is 0 Å². The lowest BCUT2D eigenvalue weighted by Crippen LogP contribution is -2.36. The fourth-order valence-corrected chi connectivity index (χ4v) is 1.46. The highest BCUT2D eigenvalue weighted by atomic mass is 35.5. The molecule has 1 amide bonds. The molecule has 0 heterocycles. The van der Waals surface area contributed by atoms with E-state index in [0.29, 0.717) is 25.5 Å². The zero-order valence-corrected chi connectivity index (χ0v) is 10.8. The van der Waals surface area contributed by atoms with Crippen molar-refractivity contribution in [1.82, 2.24) is 4.90 Å². The van der Waals surface area contributed by atoms with Gasteiger partial charge in [0.15, 0.2) is 0 Å². The number of nitrogens with zero attached hydrogens (tertiary/aromatic N) is 1. The van der Waals surface area contributed by atoms with E-state index in [4.69, 9.17) is 16.3 Å². The van der Waals surface area contributed by atoms with Crippen molar-refractivity contribution in [2.45, 2.75) is 33.1 Å². The molecule has 5 heteroatoms. The zero-order valence-electron chi connectivity index (χ0n) is 10.00. The average Bonchev–Trinajstić information content (AvgIpc) is 2.26. The molecule has 0 aliphatic rings. The Kier molecular flexibility index (Phi) is 9.00. The zero-order chi connectivity index (χ0) is 12.4. The van der Waals surface area contributed by atoms with Crippen LogP contribution in [0, 0.1) is 0 Å². The predicted molar refractivity (Wildman–Crippen MR) is 63.5 cm³/mol. The number of carbonyl (C=O) groups excluding carboxylic acids is 2. The van der Waals surface area contributed by atoms with Crippen LogP contribution in [-0.4, -0.2) is 42.4 Å². The summed E-state index contributed by atoms with van der Waals surface area (Å²) in [5.41, 5.74) is 0. The lowest BCUT2D eigenvalue weighted by atomic mass is 10.2. The normalized spacial score (nSPS) is 9.94. The van der Waals surface area contributed by atoms with Crippen LogP contribution in [0.15, 0.2) is 0 Å². The molecule has 0 aromatic carbocycles. The van der Waals surface area contributed by atoms with Gasteiger partial charge in [-0.05, 0) is 26.7 Å². The van der Waals surface area contributed by atoms with Crippen molar-refractivity contribution in [1.29, 1.82) is 0 Å². The van der Waals surface area contributed by atoms with Gasteiger partial charge in [0.2, 0.25) is 5.91 Å². The Labute approximate surface area is 102 Å². The van der Waals surface area contributed by atoms with Crippen molar-refractivity contribution in [3.8, 4) is 0 Å². The Bertz CT molecular complexity index is 221. The molecule has 94 valence electrons. The fourth-order valence-electron chi connectivity index (χ4n) is 1.27. The third-order valence-corrected chi connectivity index (χ3v) is 2.40. The molecule has 16 heavy (non-hydrogen) atoms. The molecule has 0 rings (SSSR count). The van der Waals surface area contributed by atoms with E-state index in [9.17, 15) is 9.59 Å². The van der Waals surface area contributed by atoms with E-state index in [-0.39, 0.29) is 18.4 Å². The molecular weight excluding hydrogens is 230 g/mol. The maximum absolute atomic E-state index is 11.7. The summed E-state index contributed by atoms with van der Waals surface area (Å²) in [6, 6.07) is 0. The van der Waals surface area contributed by atoms with Crippen molar-refractivity contribution in [2.24, 2.45) is 0 Å². The molecule has 0 radical (unpaired) electrons. The van der Waals surface area contributed by atoms with Gasteiger partial charge in [-0.1, -0.05) is 0 Å². The number of halogens is 1. The van der Waals surface area contributed by atoms with Crippen molar-refractivity contribution in [3.63, 3.8) is 0 Å². The summed E-state index contributed by atoms with van der Waals surface area (Å²) >= 11 is 5.52. The Hall–Kier alpha value is -0.770. The second-order valence-corrected chi connectivity index (χ2v) is 3.74. The quantitative estimate of drug-likeness (QED) is 0.374. The molecule has 4 nitrogen and oxygen atoms in total. The first-order valence-electron chi connectivity index (χ1n) is 5.65. The molecule has 0 unspecified atom stereocenters. The molecule has 0 spiro atoms. The van der Waals surface area contributed by atoms with Gasteiger partial charge in [0, 0.05) is 18.8 Å². The Balaban J connectivity index is 3.96. The van der Waals surface area contributed by atoms with Gasteiger partial charge in [-0.2, -0.15) is 0 Å². The van der Waals surface area contributed by atoms with Gasteiger partial charge in [-0.25, -0.2) is 0 Å². The van der Waals surface area contributed by atoms with E-state index in [0.717, 1.165) is 12.8 Å². The Morgan fingerprint density at radius 1 is 1.25 bits per heavy atom. The van der Waals surface area contributed by atoms with E-state index in [1.807, 2.05) is 6.92 Å². The highest BCUT2D eigenvalue weighted by Gasteiger charge is 2.15. The van der Waals surface area contributed by atoms with Crippen LogP contribution in [-0.2, 0) is 14.3 Å². The summed E-state index contributed by atoms with van der Waals surface area (Å²) < 4.78 is 4.80. The van der Waals surface area contributed by atoms with Gasteiger partial charge < -0.3 is 9.64 Å². The molecule has 0 fully saturated rings. The Morgan fingerprint density at radius 2 is 1.94 bits per heavy atom. The molecular formula is C11H20ClNO3. The number of hydrogen-bond donors (Lipinski definition) is 0. The van der Waals surface area contributed by atoms with Gasteiger partial charge >= 0.3 is 5.97 Å². The summed E-state index contributed by atoms with van der Waals surface area (Å²) in [7, 11) is 0. The second-order valence-electron chi connectivity index (χ2n) is 3.36. The molecule has 0 bridgehead atoms. The van der Waals surface area contributed by atoms with E-state index < -0.39 is 0 Å². The fraction of sp³-hybridized carbons (Fsp3) is 0.818. The average molecular weight is 250 g/mol. The third-order valence-electron chi connectivity index (χ3n) is 2.13. The smallest absolute Gasteiger partial charge is 0.325 e. The minimum absolute atomic E-state index is 0.0133. The van der Waals surface area contributed by atoms with Gasteiger partial charge in [0.25, 0.3) is 0 Å². The number of ether oxygens (including phenoxy) is 1. The predicted octanol–water partition coefficient (Wildman–Crippen LogP) is 1.81. The van der Waals surface area contributed by atoms with Crippen LogP contribution in [0.1, 0.15) is 33.1 Å². The first kappa shape index (κ1) is 15.2. The Morgan fingerprint density at radius 3 is 2.44 bits per heavy atom. The number of unbranched alkanes of at least 4 members (excludes halogenated alkanes) is 1. The molecule has 0 aliphatic carbocycles. The van der Waals surface area contributed by atoms with Crippen LogP contribution in [0.4, 0.5) is 0 Å². The van der Waals surface area contributed by atoms with Gasteiger partial charge in [-0.3, -0.25) is 9.59 Å². The maximum atomic E-state index is 11.7. The van der Waals surface area contributed by atoms with Crippen molar-refractivity contribution < 1.29 is 14.3 Å². The number of hydrogen-bond acceptors (Lipinski definition) is 3. The van der Waals surface area contributed by atoms with Crippen LogP contribution in [0.5, 0.6) is 0 Å². The van der Waals surface area contributed by atoms with E-state index in [1.165, 1.54) is 4.90 Å². The van der Waals surface area contributed by atoms with E-state index >= 15 is 0 Å². The molecule has 0 saturated carbocycles. The van der Waals surface area contributed by atoms with Crippen LogP contribution in [0.2, 0.25) is 0 Å². The number of likely N-dealkylation sites (N-methyl/N-ethyl adjacent to an activating group) is 1. The highest BCUT2D eigenvalue weighted by Crippen LogP contribution is 2.02. The molecule has 0 aromatic heterocycles. The number of carbonyl (C=O) groups is 2. The van der Waals surface area contributed by atoms with Crippen LogP contribution < -0.4 is 0 Å². The molecule has 0 aliphatic heterocycles. The number of alkyl halides is 1. The molecule has 0 atom stereocenters. The van der Waals surface area contributed by atoms with Crippen molar-refractivity contribution in [3.05, 3.63) is 0 Å². The lowest BCUT2D eigenvalue weighted by molar-refractivity contribution is -0.148. The summed E-state index contributed by atoms with van der Waals surface area (Å²) in [4.78, 5) is 24.4. The molecule has 0 aromatic rings. The first-order valence-corrected chi connectivity index (χ1v) is 6.18. The summed E-state index contributed by atoms with van der Waals surface area (Å²) in [6.45, 7) is 4.51. The van der Waals surface area contributed by atoms with Crippen LogP contribution in [0.25, 0.3) is 0 Å². The molecule has 0 N–H and O–H groups in total. The molecule has 0 saturated heterocycles. The largest absolute Gasteiger partial charge is 0.465 e. The number of esters is 1. The second kappa shape index (κ2) is 9.46. The van der Waals surface area contributed by atoms with Crippen molar-refractivity contribution in [2.75, 3.05) is 25.6 Å². The van der Waals surface area contributed by atoms with Crippen LogP contribution >= 0.6 is 11.6 Å². The standard InChI is InChI=1S/C11H20ClNO3/c1-3-13(9-11(15)16-4-2)10(14)7-5-6-8-12/h3-9H2,1-2H3. The van der Waals surface area contributed by atoms with Gasteiger partial charge in [0.05, 0.1) is 6.61 Å². The minimum Gasteiger partial charge on any atom is -0.465 e. The maximum Gasteiger partial charge on any atom is 0.325 e. The van der Waals surface area contributed by atoms with Crippen LogP contribution in [0.3, 0.4) is 0 Å². The number of amides is 1. The lowest BCUT2D eigenvalue weighted by Gasteiger charge is -2.19. The minimum atomic E-state index is -0.352. The van der Waals surface area contributed by atoms with Crippen molar-refractivity contribution >= 4 is 23.5 Å². The third kappa shape index (κ3) is 6.67.